The molecule has 0 aliphatic carbocycles. The maximum absolute atomic E-state index is 11.0. The number of nitrogens with one attached hydrogen (secondary N) is 1. The molecule has 0 fully saturated rings. The molecule has 1 atom stereocenters. The van der Waals surface area contributed by atoms with Gasteiger partial charge in [-0.2, -0.15) is 0 Å². The Balaban J connectivity index is 2.99. The molecule has 0 spiro atoms. The number of benzene rings is 1. The quantitative estimate of drug-likeness (QED) is 0.640. The van der Waals surface area contributed by atoms with Gasteiger partial charge in [0.1, 0.15) is 5.78 Å². The summed E-state index contributed by atoms with van der Waals surface area (Å²) >= 11 is 0. The zero-order chi connectivity index (χ0) is 9.90. The highest BCUT2D eigenvalue weighted by atomic mass is 31.2. The lowest BCUT2D eigenvalue weighted by Crippen LogP contribution is -2.16. The lowest BCUT2D eigenvalue weighted by atomic mass is 10.2. The van der Waals surface area contributed by atoms with Crippen LogP contribution in [0, 0.1) is 0 Å². The summed E-state index contributed by atoms with van der Waals surface area (Å²) in [6.07, 6.45) is 0. The average molecular weight is 201 g/mol. The number of rotatable bonds is 3. The van der Waals surface area contributed by atoms with Crippen molar-refractivity contribution in [3.05, 3.63) is 35.9 Å². The summed E-state index contributed by atoms with van der Waals surface area (Å²) in [5.41, 5.74) is 0.596. The molecule has 72 valence electrons. The van der Waals surface area contributed by atoms with Crippen LogP contribution >= 0.6 is 7.60 Å². The highest BCUT2D eigenvalue weighted by Gasteiger charge is 2.28. The molecule has 1 aromatic rings. The van der Waals surface area contributed by atoms with E-state index in [0.29, 0.717) is 5.56 Å². The molecule has 0 amide bonds. The molecule has 1 rings (SSSR count). The van der Waals surface area contributed by atoms with Gasteiger partial charge in [0.2, 0.25) is 0 Å². The van der Waals surface area contributed by atoms with Crippen LogP contribution in [0.3, 0.4) is 0 Å². The van der Waals surface area contributed by atoms with Gasteiger partial charge in [0.25, 0.3) is 0 Å². The van der Waals surface area contributed by atoms with E-state index in [-0.39, 0.29) is 0 Å². The topological polar surface area (TPSA) is 69.6 Å². The van der Waals surface area contributed by atoms with Gasteiger partial charge >= 0.3 is 7.60 Å². The molecule has 0 aliphatic heterocycles. The molecule has 5 heteroatoms. The van der Waals surface area contributed by atoms with Crippen molar-refractivity contribution in [3.63, 3.8) is 0 Å². The molecule has 0 bridgehead atoms. The summed E-state index contributed by atoms with van der Waals surface area (Å²) < 4.78 is 11.0. The van der Waals surface area contributed by atoms with Crippen molar-refractivity contribution in [3.8, 4) is 0 Å². The maximum atomic E-state index is 11.0. The van der Waals surface area contributed by atoms with Gasteiger partial charge in [-0.15, -0.1) is 0 Å². The summed E-state index contributed by atoms with van der Waals surface area (Å²) in [5, 5.41) is 2.60. The van der Waals surface area contributed by atoms with Crippen molar-refractivity contribution in [1.29, 1.82) is 0 Å². The Kier molecular flexibility index (Phi) is 3.22. The Morgan fingerprint density at radius 1 is 1.31 bits per heavy atom. The van der Waals surface area contributed by atoms with E-state index in [1.54, 1.807) is 30.3 Å². The highest BCUT2D eigenvalue weighted by molar-refractivity contribution is 7.52. The Labute approximate surface area is 76.8 Å². The van der Waals surface area contributed by atoms with E-state index in [0.717, 1.165) is 0 Å². The van der Waals surface area contributed by atoms with Crippen LogP contribution in [0.1, 0.15) is 11.3 Å². The number of hydrogen-bond donors (Lipinski definition) is 3. The van der Waals surface area contributed by atoms with Crippen molar-refractivity contribution < 1.29 is 14.4 Å². The Morgan fingerprint density at radius 2 is 1.85 bits per heavy atom. The first-order valence-electron chi connectivity index (χ1n) is 3.83. The summed E-state index contributed by atoms with van der Waals surface area (Å²) in [7, 11) is -2.58. The van der Waals surface area contributed by atoms with Crippen LogP contribution in [0.15, 0.2) is 30.3 Å². The van der Waals surface area contributed by atoms with Gasteiger partial charge in [-0.05, 0) is 12.6 Å². The van der Waals surface area contributed by atoms with Crippen molar-refractivity contribution in [2.45, 2.75) is 5.78 Å². The third kappa shape index (κ3) is 2.64. The summed E-state index contributed by atoms with van der Waals surface area (Å²) in [5.74, 6) is -0.909. The summed E-state index contributed by atoms with van der Waals surface area (Å²) in [6, 6.07) is 8.65. The van der Waals surface area contributed by atoms with Gasteiger partial charge in [0, 0.05) is 0 Å². The first kappa shape index (κ1) is 10.4. The number of hydrogen-bond acceptors (Lipinski definition) is 2. The molecular weight excluding hydrogens is 189 g/mol. The lowest BCUT2D eigenvalue weighted by molar-refractivity contribution is 0.352. The molecule has 0 aliphatic rings. The third-order valence-electron chi connectivity index (χ3n) is 1.73. The van der Waals surface area contributed by atoms with Gasteiger partial charge in [0.15, 0.2) is 0 Å². The second-order valence-corrected chi connectivity index (χ2v) is 4.39. The first-order chi connectivity index (χ1) is 6.05. The summed E-state index contributed by atoms with van der Waals surface area (Å²) in [4.78, 5) is 18.0. The summed E-state index contributed by atoms with van der Waals surface area (Å²) in [6.45, 7) is 0. The van der Waals surface area contributed by atoms with Crippen LogP contribution in [0.4, 0.5) is 0 Å². The SMILES string of the molecule is CNC(c1ccccc1)P(=O)(O)O. The van der Waals surface area contributed by atoms with Crippen LogP contribution in [-0.2, 0) is 4.57 Å². The van der Waals surface area contributed by atoms with Crippen molar-refractivity contribution in [2.75, 3.05) is 7.05 Å². The second-order valence-electron chi connectivity index (χ2n) is 2.69. The Bertz CT molecular complexity index is 308. The van der Waals surface area contributed by atoms with E-state index in [9.17, 15) is 4.57 Å². The fraction of sp³-hybridized carbons (Fsp3) is 0.250. The minimum atomic E-state index is -4.11. The highest BCUT2D eigenvalue weighted by Crippen LogP contribution is 2.49. The smallest absolute Gasteiger partial charge is 0.323 e. The van der Waals surface area contributed by atoms with Crippen LogP contribution in [0.2, 0.25) is 0 Å². The fourth-order valence-electron chi connectivity index (χ4n) is 1.16. The average Bonchev–Trinajstić information content (AvgIpc) is 2.05. The Morgan fingerprint density at radius 3 is 2.23 bits per heavy atom. The van der Waals surface area contributed by atoms with Gasteiger partial charge in [-0.1, -0.05) is 30.3 Å². The van der Waals surface area contributed by atoms with E-state index in [1.165, 1.54) is 7.05 Å². The van der Waals surface area contributed by atoms with E-state index in [1.807, 2.05) is 0 Å². The molecule has 1 unspecified atom stereocenters. The molecule has 0 heterocycles. The monoisotopic (exact) mass is 201 g/mol. The van der Waals surface area contributed by atoms with E-state index in [2.05, 4.69) is 5.32 Å². The van der Waals surface area contributed by atoms with Gasteiger partial charge in [-0.25, -0.2) is 0 Å². The third-order valence-corrected chi connectivity index (χ3v) is 2.95. The van der Waals surface area contributed by atoms with Crippen molar-refractivity contribution >= 4 is 7.60 Å². The zero-order valence-electron chi connectivity index (χ0n) is 7.21. The standard InChI is InChI=1S/C8H12NO3P/c1-9-8(13(10,11)12)7-5-3-2-4-6-7/h2-6,8-9H,1H3,(H2,10,11,12). The van der Waals surface area contributed by atoms with Gasteiger partial charge in [-0.3, -0.25) is 4.57 Å². The molecule has 4 nitrogen and oxygen atoms in total. The molecule has 1 aromatic carbocycles. The van der Waals surface area contributed by atoms with E-state index < -0.39 is 13.4 Å². The van der Waals surface area contributed by atoms with Crippen molar-refractivity contribution in [1.82, 2.24) is 5.32 Å². The molecule has 3 N–H and O–H groups in total. The predicted octanol–water partition coefficient (Wildman–Crippen LogP) is 1.08. The van der Waals surface area contributed by atoms with Gasteiger partial charge in [0.05, 0.1) is 0 Å². The molecular formula is C8H12NO3P. The maximum Gasteiger partial charge on any atom is 0.346 e. The fourth-order valence-corrected chi connectivity index (χ4v) is 2.06. The molecule has 13 heavy (non-hydrogen) atoms. The minimum Gasteiger partial charge on any atom is -0.323 e. The van der Waals surface area contributed by atoms with Crippen molar-refractivity contribution in [2.24, 2.45) is 0 Å². The van der Waals surface area contributed by atoms with Crippen LogP contribution < -0.4 is 5.32 Å². The van der Waals surface area contributed by atoms with Crippen LogP contribution in [0.5, 0.6) is 0 Å². The largest absolute Gasteiger partial charge is 0.346 e. The minimum absolute atomic E-state index is 0.596. The molecule has 0 radical (unpaired) electrons. The lowest BCUT2D eigenvalue weighted by Gasteiger charge is -2.17. The van der Waals surface area contributed by atoms with Crippen LogP contribution in [-0.4, -0.2) is 16.8 Å². The van der Waals surface area contributed by atoms with E-state index >= 15 is 0 Å². The van der Waals surface area contributed by atoms with Gasteiger partial charge < -0.3 is 15.1 Å². The molecule has 0 saturated carbocycles. The zero-order valence-corrected chi connectivity index (χ0v) is 8.11. The normalized spacial score (nSPS) is 14.1. The predicted molar refractivity (Wildman–Crippen MR) is 50.3 cm³/mol. The Hall–Kier alpha value is -0.670. The van der Waals surface area contributed by atoms with Crippen LogP contribution in [0.25, 0.3) is 0 Å². The first-order valence-corrected chi connectivity index (χ1v) is 5.51. The van der Waals surface area contributed by atoms with E-state index in [4.69, 9.17) is 9.79 Å². The second kappa shape index (κ2) is 4.03. The molecule has 0 aromatic heterocycles. The molecule has 0 saturated heterocycles.